The number of carbonyl (C=O) groups excluding carboxylic acids is 1. The largest absolute Gasteiger partial charge is 0.489 e. The van der Waals surface area contributed by atoms with Gasteiger partial charge in [-0.15, -0.1) is 0 Å². The standard InChI is InChI=1S/C23H29FN4O3/c1-14-6-7-18-20(28(14)23(29)30-2)9-8-17(22(18)31-16-4-3-5-16)15-10-26-27(13-15)21-12-25-11-19(21)24/h8-10,13-14,16,19,21,25H,3-7,11-12H2,1-2H3/t14-,19+,21-/m0/s1. The molecule has 31 heavy (non-hydrogen) atoms. The Bertz CT molecular complexity index is 974. The maximum atomic E-state index is 14.2. The number of anilines is 1. The molecule has 2 aromatic rings. The topological polar surface area (TPSA) is 68.6 Å². The summed E-state index contributed by atoms with van der Waals surface area (Å²) < 4.78 is 27.5. The van der Waals surface area contributed by atoms with E-state index in [0.29, 0.717) is 13.1 Å². The summed E-state index contributed by atoms with van der Waals surface area (Å²) in [5.41, 5.74) is 3.73. The van der Waals surface area contributed by atoms with Gasteiger partial charge in [-0.1, -0.05) is 0 Å². The number of ether oxygens (including phenoxy) is 2. The number of nitrogens with zero attached hydrogens (tertiary/aromatic N) is 3. The van der Waals surface area contributed by atoms with Crippen LogP contribution in [0.2, 0.25) is 0 Å². The van der Waals surface area contributed by atoms with Crippen LogP contribution in [0.4, 0.5) is 14.9 Å². The third kappa shape index (κ3) is 3.56. The zero-order valence-corrected chi connectivity index (χ0v) is 18.0. The van der Waals surface area contributed by atoms with E-state index in [1.807, 2.05) is 25.3 Å². The Labute approximate surface area is 181 Å². The van der Waals surface area contributed by atoms with Gasteiger partial charge in [0.1, 0.15) is 11.9 Å². The highest BCUT2D eigenvalue weighted by Crippen LogP contribution is 2.44. The van der Waals surface area contributed by atoms with E-state index in [0.717, 1.165) is 53.8 Å². The molecular weight excluding hydrogens is 399 g/mol. The number of nitrogens with one attached hydrogen (secondary N) is 1. The molecule has 1 aromatic heterocycles. The highest BCUT2D eigenvalue weighted by atomic mass is 19.1. The van der Waals surface area contributed by atoms with E-state index in [9.17, 15) is 9.18 Å². The fourth-order valence-electron chi connectivity index (χ4n) is 4.75. The lowest BCUT2D eigenvalue weighted by molar-refractivity contribution is 0.119. The van der Waals surface area contributed by atoms with Gasteiger partial charge in [-0.3, -0.25) is 9.58 Å². The maximum Gasteiger partial charge on any atom is 0.414 e. The van der Waals surface area contributed by atoms with Crippen molar-refractivity contribution in [2.75, 3.05) is 25.1 Å². The van der Waals surface area contributed by atoms with Crippen LogP contribution in [0.15, 0.2) is 24.5 Å². The Morgan fingerprint density at radius 2 is 2.10 bits per heavy atom. The van der Waals surface area contributed by atoms with Crippen molar-refractivity contribution in [3.63, 3.8) is 0 Å². The van der Waals surface area contributed by atoms with Crippen LogP contribution >= 0.6 is 0 Å². The average molecular weight is 429 g/mol. The molecular formula is C23H29FN4O3. The molecule has 1 amide bonds. The Kier molecular flexibility index (Phi) is 5.33. The van der Waals surface area contributed by atoms with Crippen molar-refractivity contribution in [2.45, 2.75) is 63.4 Å². The van der Waals surface area contributed by atoms with Crippen molar-refractivity contribution in [1.29, 1.82) is 0 Å². The minimum atomic E-state index is -0.947. The fourth-order valence-corrected chi connectivity index (χ4v) is 4.75. The third-order valence-electron chi connectivity index (χ3n) is 6.82. The smallest absolute Gasteiger partial charge is 0.414 e. The van der Waals surface area contributed by atoms with Crippen molar-refractivity contribution < 1.29 is 18.7 Å². The molecule has 5 rings (SSSR count). The molecule has 1 aromatic carbocycles. The van der Waals surface area contributed by atoms with Crippen molar-refractivity contribution in [3.8, 4) is 16.9 Å². The number of hydrogen-bond donors (Lipinski definition) is 1. The number of amides is 1. The Balaban J connectivity index is 1.56. The predicted molar refractivity (Wildman–Crippen MR) is 115 cm³/mol. The van der Waals surface area contributed by atoms with Crippen LogP contribution < -0.4 is 15.0 Å². The maximum absolute atomic E-state index is 14.2. The van der Waals surface area contributed by atoms with E-state index >= 15 is 0 Å². The molecule has 1 saturated carbocycles. The number of hydrogen-bond acceptors (Lipinski definition) is 5. The zero-order valence-electron chi connectivity index (χ0n) is 18.0. The minimum absolute atomic E-state index is 0.0569. The molecule has 166 valence electrons. The number of halogens is 1. The van der Waals surface area contributed by atoms with Gasteiger partial charge in [0.15, 0.2) is 0 Å². The second kappa shape index (κ2) is 8.15. The Morgan fingerprint density at radius 1 is 1.26 bits per heavy atom. The van der Waals surface area contributed by atoms with Gasteiger partial charge in [0, 0.05) is 42.0 Å². The van der Waals surface area contributed by atoms with Gasteiger partial charge >= 0.3 is 6.09 Å². The van der Waals surface area contributed by atoms with Crippen LogP contribution in [-0.4, -0.2) is 54.4 Å². The van der Waals surface area contributed by atoms with Crippen molar-refractivity contribution in [3.05, 3.63) is 30.1 Å². The van der Waals surface area contributed by atoms with E-state index in [1.165, 1.54) is 13.5 Å². The first-order valence-electron chi connectivity index (χ1n) is 11.2. The number of carbonyl (C=O) groups is 1. The molecule has 1 aliphatic carbocycles. The molecule has 1 saturated heterocycles. The summed E-state index contributed by atoms with van der Waals surface area (Å²) in [7, 11) is 1.41. The lowest BCUT2D eigenvalue weighted by Crippen LogP contribution is -2.42. The van der Waals surface area contributed by atoms with E-state index in [4.69, 9.17) is 9.47 Å². The first kappa shape index (κ1) is 20.3. The number of methoxy groups -OCH3 is 1. The summed E-state index contributed by atoms with van der Waals surface area (Å²) in [6.07, 6.45) is 7.49. The predicted octanol–water partition coefficient (Wildman–Crippen LogP) is 3.87. The van der Waals surface area contributed by atoms with Crippen LogP contribution in [0.25, 0.3) is 11.1 Å². The summed E-state index contributed by atoms with van der Waals surface area (Å²) in [4.78, 5) is 14.2. The monoisotopic (exact) mass is 428 g/mol. The van der Waals surface area contributed by atoms with Crippen LogP contribution in [-0.2, 0) is 11.2 Å². The van der Waals surface area contributed by atoms with Crippen molar-refractivity contribution >= 4 is 11.8 Å². The summed E-state index contributed by atoms with van der Waals surface area (Å²) in [5.74, 6) is 0.823. The van der Waals surface area contributed by atoms with E-state index in [-0.39, 0.29) is 24.3 Å². The number of alkyl halides is 1. The van der Waals surface area contributed by atoms with Crippen LogP contribution in [0.5, 0.6) is 5.75 Å². The van der Waals surface area contributed by atoms with Gasteiger partial charge in [0.2, 0.25) is 0 Å². The minimum Gasteiger partial charge on any atom is -0.489 e. The second-order valence-electron chi connectivity index (χ2n) is 8.79. The lowest BCUT2D eigenvalue weighted by atomic mass is 9.91. The fraction of sp³-hybridized carbons (Fsp3) is 0.565. The van der Waals surface area contributed by atoms with Crippen molar-refractivity contribution in [1.82, 2.24) is 15.1 Å². The highest BCUT2D eigenvalue weighted by Gasteiger charge is 2.34. The molecule has 7 nitrogen and oxygen atoms in total. The van der Waals surface area contributed by atoms with Crippen LogP contribution in [0.1, 0.15) is 44.2 Å². The molecule has 8 heteroatoms. The molecule has 2 aliphatic heterocycles. The Morgan fingerprint density at radius 3 is 2.77 bits per heavy atom. The van der Waals surface area contributed by atoms with Gasteiger partial charge in [0.25, 0.3) is 0 Å². The number of fused-ring (bicyclic) bond motifs is 1. The third-order valence-corrected chi connectivity index (χ3v) is 6.82. The summed E-state index contributed by atoms with van der Waals surface area (Å²) >= 11 is 0. The summed E-state index contributed by atoms with van der Waals surface area (Å²) in [5, 5.41) is 7.54. The lowest BCUT2D eigenvalue weighted by Gasteiger charge is -2.37. The molecule has 0 radical (unpaired) electrons. The molecule has 3 aliphatic rings. The van der Waals surface area contributed by atoms with Gasteiger partial charge in [0.05, 0.1) is 31.1 Å². The molecule has 2 fully saturated rings. The van der Waals surface area contributed by atoms with Gasteiger partial charge in [-0.25, -0.2) is 9.18 Å². The summed E-state index contributed by atoms with van der Waals surface area (Å²) in [6, 6.07) is 3.72. The van der Waals surface area contributed by atoms with Crippen LogP contribution in [0.3, 0.4) is 0 Å². The highest BCUT2D eigenvalue weighted by molar-refractivity contribution is 5.92. The first-order valence-corrected chi connectivity index (χ1v) is 11.2. The number of aromatic nitrogens is 2. The SMILES string of the molecule is COC(=O)N1c2ccc(-c3cnn([C@H]4CNC[C@H]4F)c3)c(OC3CCC3)c2CC[C@@H]1C. The van der Waals surface area contributed by atoms with Crippen molar-refractivity contribution in [2.24, 2.45) is 0 Å². The van der Waals surface area contributed by atoms with Crippen LogP contribution in [0, 0.1) is 0 Å². The number of benzene rings is 1. The normalized spacial score (nSPS) is 25.8. The first-order chi connectivity index (χ1) is 15.1. The van der Waals surface area contributed by atoms with E-state index in [2.05, 4.69) is 10.4 Å². The van der Waals surface area contributed by atoms with Gasteiger partial charge < -0.3 is 14.8 Å². The molecule has 3 heterocycles. The molecule has 0 unspecified atom stereocenters. The Hall–Kier alpha value is -2.61. The van der Waals surface area contributed by atoms with Gasteiger partial charge in [-0.05, 0) is 51.2 Å². The van der Waals surface area contributed by atoms with E-state index in [1.54, 1.807) is 15.8 Å². The quantitative estimate of drug-likeness (QED) is 0.801. The molecule has 3 atom stereocenters. The van der Waals surface area contributed by atoms with Gasteiger partial charge in [-0.2, -0.15) is 5.10 Å². The molecule has 1 N–H and O–H groups in total. The van der Waals surface area contributed by atoms with E-state index < -0.39 is 6.17 Å². The second-order valence-corrected chi connectivity index (χ2v) is 8.79. The molecule has 0 spiro atoms. The zero-order chi connectivity index (χ0) is 21.5. The average Bonchev–Trinajstić information content (AvgIpc) is 3.38. The molecule has 0 bridgehead atoms. The summed E-state index contributed by atoms with van der Waals surface area (Å²) in [6.45, 7) is 2.97. The number of rotatable bonds is 4.